The summed E-state index contributed by atoms with van der Waals surface area (Å²) in [4.78, 5) is 1.64. The summed E-state index contributed by atoms with van der Waals surface area (Å²) in [6.07, 6.45) is 0.116. The molecule has 1 heterocycles. The molecule has 0 aliphatic carbocycles. The van der Waals surface area contributed by atoms with Gasteiger partial charge in [-0.25, -0.2) is 8.78 Å². The summed E-state index contributed by atoms with van der Waals surface area (Å²) in [7, 11) is 1.72. The molecule has 0 aromatic rings. The van der Waals surface area contributed by atoms with Crippen LogP contribution >= 0.6 is 0 Å². The first-order valence-electron chi connectivity index (χ1n) is 5.94. The van der Waals surface area contributed by atoms with E-state index in [-0.39, 0.29) is 18.8 Å². The summed E-state index contributed by atoms with van der Waals surface area (Å²) in [6.45, 7) is 4.30. The van der Waals surface area contributed by atoms with Crippen LogP contribution in [0.1, 0.15) is 19.8 Å². The van der Waals surface area contributed by atoms with Crippen molar-refractivity contribution in [1.29, 1.82) is 0 Å². The minimum Gasteiger partial charge on any atom is -0.372 e. The van der Waals surface area contributed by atoms with Crippen molar-refractivity contribution in [3.63, 3.8) is 0 Å². The Morgan fingerprint density at radius 2 is 2.06 bits per heavy atom. The predicted octanol–water partition coefficient (Wildman–Crippen LogP) is 1.34. The highest BCUT2D eigenvalue weighted by Gasteiger charge is 2.26. The number of likely N-dealkylation sites (N-methyl/N-ethyl adjacent to an activating group) is 2. The molecule has 5 heteroatoms. The maximum atomic E-state index is 12.1. The van der Waals surface area contributed by atoms with Gasteiger partial charge in [-0.15, -0.1) is 0 Å². The molecule has 1 aliphatic heterocycles. The van der Waals surface area contributed by atoms with Gasteiger partial charge >= 0.3 is 0 Å². The van der Waals surface area contributed by atoms with Crippen molar-refractivity contribution in [3.05, 3.63) is 0 Å². The SMILES string of the molecule is CCNCC1CCC(CN(C)CC(F)F)O1. The molecule has 0 aromatic heterocycles. The predicted molar refractivity (Wildman–Crippen MR) is 59.9 cm³/mol. The first-order chi connectivity index (χ1) is 7.61. The van der Waals surface area contributed by atoms with E-state index >= 15 is 0 Å². The molecule has 16 heavy (non-hydrogen) atoms. The summed E-state index contributed by atoms with van der Waals surface area (Å²) in [5, 5.41) is 3.24. The van der Waals surface area contributed by atoms with E-state index in [4.69, 9.17) is 4.74 Å². The van der Waals surface area contributed by atoms with Crippen LogP contribution in [-0.4, -0.2) is 56.8 Å². The van der Waals surface area contributed by atoms with Gasteiger partial charge in [-0.2, -0.15) is 0 Å². The maximum absolute atomic E-state index is 12.1. The van der Waals surface area contributed by atoms with Gasteiger partial charge in [0.05, 0.1) is 18.8 Å². The number of hydrogen-bond acceptors (Lipinski definition) is 3. The third kappa shape index (κ3) is 5.18. The average Bonchev–Trinajstić information content (AvgIpc) is 2.61. The van der Waals surface area contributed by atoms with Gasteiger partial charge in [-0.3, -0.25) is 4.90 Å². The largest absolute Gasteiger partial charge is 0.372 e. The fourth-order valence-corrected chi connectivity index (χ4v) is 2.03. The smallest absolute Gasteiger partial charge is 0.251 e. The van der Waals surface area contributed by atoms with Gasteiger partial charge in [0.1, 0.15) is 0 Å². The van der Waals surface area contributed by atoms with Crippen molar-refractivity contribution in [2.75, 3.05) is 33.2 Å². The second-order valence-corrected chi connectivity index (χ2v) is 4.38. The van der Waals surface area contributed by atoms with Crippen molar-refractivity contribution < 1.29 is 13.5 Å². The van der Waals surface area contributed by atoms with Crippen LogP contribution in [0.25, 0.3) is 0 Å². The lowest BCUT2D eigenvalue weighted by molar-refractivity contribution is 0.0160. The van der Waals surface area contributed by atoms with Crippen LogP contribution in [0.4, 0.5) is 8.78 Å². The molecule has 1 fully saturated rings. The molecule has 0 saturated carbocycles. The topological polar surface area (TPSA) is 24.5 Å². The minimum absolute atomic E-state index is 0.118. The van der Waals surface area contributed by atoms with Crippen LogP contribution in [0.3, 0.4) is 0 Å². The van der Waals surface area contributed by atoms with Gasteiger partial charge in [-0.1, -0.05) is 6.92 Å². The Kier molecular flexibility index (Phi) is 6.16. The van der Waals surface area contributed by atoms with Crippen molar-refractivity contribution in [2.45, 2.75) is 38.4 Å². The standard InChI is InChI=1S/C11H22F2N2O/c1-3-14-6-9-4-5-10(16-9)7-15(2)8-11(12)13/h9-11,14H,3-8H2,1-2H3. The van der Waals surface area contributed by atoms with Gasteiger partial charge in [0, 0.05) is 13.1 Å². The Labute approximate surface area is 96.1 Å². The van der Waals surface area contributed by atoms with E-state index < -0.39 is 6.43 Å². The zero-order valence-electron chi connectivity index (χ0n) is 10.1. The Balaban J connectivity index is 2.15. The third-order valence-corrected chi connectivity index (χ3v) is 2.78. The molecule has 0 amide bonds. The molecule has 0 radical (unpaired) electrons. The molecular formula is C11H22F2N2O. The molecule has 0 aromatic carbocycles. The second kappa shape index (κ2) is 7.14. The van der Waals surface area contributed by atoms with Crippen LogP contribution in [-0.2, 0) is 4.74 Å². The molecule has 2 unspecified atom stereocenters. The van der Waals surface area contributed by atoms with E-state index in [1.807, 2.05) is 0 Å². The summed E-state index contributed by atoms with van der Waals surface area (Å²) >= 11 is 0. The number of hydrogen-bond donors (Lipinski definition) is 1. The van der Waals surface area contributed by atoms with Crippen LogP contribution in [0.15, 0.2) is 0 Å². The highest BCUT2D eigenvalue weighted by atomic mass is 19.3. The average molecular weight is 236 g/mol. The van der Waals surface area contributed by atoms with Crippen LogP contribution < -0.4 is 5.32 Å². The normalized spacial score (nSPS) is 25.9. The van der Waals surface area contributed by atoms with Gasteiger partial charge in [0.25, 0.3) is 6.43 Å². The summed E-state index contributed by atoms with van der Waals surface area (Å²) in [5.74, 6) is 0. The van der Waals surface area contributed by atoms with Gasteiger partial charge < -0.3 is 10.1 Å². The zero-order valence-corrected chi connectivity index (χ0v) is 10.1. The Bertz CT molecular complexity index is 193. The highest BCUT2D eigenvalue weighted by Crippen LogP contribution is 2.19. The molecule has 1 saturated heterocycles. The van der Waals surface area contributed by atoms with Gasteiger partial charge in [-0.05, 0) is 26.4 Å². The summed E-state index contributed by atoms with van der Waals surface area (Å²) < 4.78 is 30.0. The zero-order chi connectivity index (χ0) is 12.0. The van der Waals surface area contributed by atoms with Crippen LogP contribution in [0, 0.1) is 0 Å². The van der Waals surface area contributed by atoms with E-state index in [9.17, 15) is 8.78 Å². The Morgan fingerprint density at radius 3 is 2.69 bits per heavy atom. The lowest BCUT2D eigenvalue weighted by Gasteiger charge is -2.21. The lowest BCUT2D eigenvalue weighted by Crippen LogP contribution is -2.34. The molecule has 2 atom stereocenters. The van der Waals surface area contributed by atoms with Gasteiger partial charge in [0.15, 0.2) is 0 Å². The number of rotatable bonds is 7. The highest BCUT2D eigenvalue weighted by molar-refractivity contribution is 4.77. The number of halogens is 2. The fourth-order valence-electron chi connectivity index (χ4n) is 2.03. The molecule has 96 valence electrons. The van der Waals surface area contributed by atoms with Crippen molar-refractivity contribution >= 4 is 0 Å². The molecule has 0 spiro atoms. The monoisotopic (exact) mass is 236 g/mol. The van der Waals surface area contributed by atoms with Crippen molar-refractivity contribution in [3.8, 4) is 0 Å². The van der Waals surface area contributed by atoms with Crippen molar-refractivity contribution in [1.82, 2.24) is 10.2 Å². The second-order valence-electron chi connectivity index (χ2n) is 4.38. The third-order valence-electron chi connectivity index (χ3n) is 2.78. The molecule has 3 nitrogen and oxygen atoms in total. The quantitative estimate of drug-likeness (QED) is 0.722. The van der Waals surface area contributed by atoms with E-state index in [0.717, 1.165) is 25.9 Å². The van der Waals surface area contributed by atoms with E-state index in [2.05, 4.69) is 12.2 Å². The first kappa shape index (κ1) is 13.8. The molecule has 1 rings (SSSR count). The minimum atomic E-state index is -2.26. The van der Waals surface area contributed by atoms with Crippen molar-refractivity contribution in [2.24, 2.45) is 0 Å². The molecule has 1 N–H and O–H groups in total. The van der Waals surface area contributed by atoms with Gasteiger partial charge in [0.2, 0.25) is 0 Å². The Morgan fingerprint density at radius 1 is 1.38 bits per heavy atom. The Hall–Kier alpha value is -0.260. The first-order valence-corrected chi connectivity index (χ1v) is 5.94. The van der Waals surface area contributed by atoms with Crippen LogP contribution in [0.5, 0.6) is 0 Å². The van der Waals surface area contributed by atoms with E-state index in [1.165, 1.54) is 0 Å². The van der Waals surface area contributed by atoms with E-state index in [1.54, 1.807) is 11.9 Å². The number of nitrogens with zero attached hydrogens (tertiary/aromatic N) is 1. The number of ether oxygens (including phenoxy) is 1. The number of nitrogens with one attached hydrogen (secondary N) is 1. The lowest BCUT2D eigenvalue weighted by atomic mass is 10.2. The van der Waals surface area contributed by atoms with Crippen LogP contribution in [0.2, 0.25) is 0 Å². The molecule has 0 bridgehead atoms. The molecular weight excluding hydrogens is 214 g/mol. The fraction of sp³-hybridized carbons (Fsp3) is 1.00. The molecule has 1 aliphatic rings. The number of alkyl halides is 2. The maximum Gasteiger partial charge on any atom is 0.251 e. The summed E-state index contributed by atoms with van der Waals surface area (Å²) in [5.41, 5.74) is 0. The summed E-state index contributed by atoms with van der Waals surface area (Å²) in [6, 6.07) is 0. The van der Waals surface area contributed by atoms with E-state index in [0.29, 0.717) is 6.54 Å².